The predicted molar refractivity (Wildman–Crippen MR) is 121 cm³/mol. The first kappa shape index (κ1) is 20.8. The van der Waals surface area contributed by atoms with Gasteiger partial charge in [0.1, 0.15) is 5.75 Å². The molecule has 0 aliphatic carbocycles. The third kappa shape index (κ3) is 5.11. The van der Waals surface area contributed by atoms with Crippen molar-refractivity contribution in [3.05, 3.63) is 52.0 Å². The van der Waals surface area contributed by atoms with E-state index in [1.54, 1.807) is 0 Å². The first-order valence-corrected chi connectivity index (χ1v) is 11.0. The van der Waals surface area contributed by atoms with Gasteiger partial charge >= 0.3 is 0 Å². The second-order valence-corrected chi connectivity index (χ2v) is 9.69. The van der Waals surface area contributed by atoms with E-state index in [0.717, 1.165) is 27.5 Å². The van der Waals surface area contributed by atoms with Crippen LogP contribution in [0.5, 0.6) is 5.75 Å². The summed E-state index contributed by atoms with van der Waals surface area (Å²) >= 11 is 4.99. The molecule has 0 spiro atoms. The number of carbonyl (C=O) groups is 1. The zero-order chi connectivity index (χ0) is 20.3. The van der Waals surface area contributed by atoms with Crippen LogP contribution in [0.1, 0.15) is 45.2 Å². The number of nitrogens with one attached hydrogen (secondary N) is 1. The van der Waals surface area contributed by atoms with Crippen molar-refractivity contribution in [3.63, 3.8) is 0 Å². The number of halogens is 1. The number of ether oxygens (including phenoxy) is 1. The van der Waals surface area contributed by atoms with E-state index in [4.69, 9.17) is 4.74 Å². The maximum Gasteiger partial charge on any atom is 0.264 e. The summed E-state index contributed by atoms with van der Waals surface area (Å²) in [7, 11) is 0. The fourth-order valence-electron chi connectivity index (χ4n) is 2.85. The first-order chi connectivity index (χ1) is 13.3. The molecule has 0 atom stereocenters. The number of hydrogen-bond acceptors (Lipinski definition) is 4. The Balaban J connectivity index is 1.63. The van der Waals surface area contributed by atoms with Crippen LogP contribution >= 0.6 is 27.3 Å². The Morgan fingerprint density at radius 3 is 2.68 bits per heavy atom. The largest absolute Gasteiger partial charge is 0.483 e. The molecular weight excluding hydrogens is 436 g/mol. The van der Waals surface area contributed by atoms with Gasteiger partial charge in [-0.25, -0.2) is 4.98 Å². The molecule has 3 rings (SSSR count). The molecular formula is C22H25BrN2O2S. The molecule has 0 aliphatic heterocycles. The zero-order valence-electron chi connectivity index (χ0n) is 16.6. The lowest BCUT2D eigenvalue weighted by Gasteiger charge is -2.18. The van der Waals surface area contributed by atoms with Crippen molar-refractivity contribution in [3.8, 4) is 5.75 Å². The van der Waals surface area contributed by atoms with Crippen molar-refractivity contribution in [2.75, 3.05) is 11.9 Å². The summed E-state index contributed by atoms with van der Waals surface area (Å²) in [6.45, 7) is 8.63. The van der Waals surface area contributed by atoms with Gasteiger partial charge in [0.2, 0.25) is 0 Å². The van der Waals surface area contributed by atoms with Crippen LogP contribution in [-0.2, 0) is 16.6 Å². The summed E-state index contributed by atoms with van der Waals surface area (Å²) in [4.78, 5) is 16.8. The number of rotatable bonds is 6. The van der Waals surface area contributed by atoms with E-state index in [2.05, 4.69) is 66.1 Å². The lowest BCUT2D eigenvalue weighted by Crippen LogP contribution is -2.20. The Hall–Kier alpha value is -1.92. The topological polar surface area (TPSA) is 51.2 Å². The molecule has 0 bridgehead atoms. The van der Waals surface area contributed by atoms with E-state index in [9.17, 15) is 4.79 Å². The molecule has 28 heavy (non-hydrogen) atoms. The highest BCUT2D eigenvalue weighted by molar-refractivity contribution is 9.10. The van der Waals surface area contributed by atoms with Gasteiger partial charge < -0.3 is 4.74 Å². The van der Waals surface area contributed by atoms with Gasteiger partial charge in [-0.15, -0.1) is 0 Å². The fraction of sp³-hybridized carbons (Fsp3) is 0.364. The maximum absolute atomic E-state index is 12.3. The normalized spacial score (nSPS) is 11.6. The second kappa shape index (κ2) is 8.62. The van der Waals surface area contributed by atoms with Crippen molar-refractivity contribution >= 4 is 48.5 Å². The minimum Gasteiger partial charge on any atom is -0.483 e. The van der Waals surface area contributed by atoms with Gasteiger partial charge in [-0.2, -0.15) is 0 Å². The molecule has 4 nitrogen and oxygen atoms in total. The van der Waals surface area contributed by atoms with E-state index in [1.807, 2.05) is 24.3 Å². The van der Waals surface area contributed by atoms with Gasteiger partial charge in [-0.3, -0.25) is 10.1 Å². The van der Waals surface area contributed by atoms with Crippen molar-refractivity contribution in [1.82, 2.24) is 4.98 Å². The Kier molecular flexibility index (Phi) is 6.40. The Morgan fingerprint density at radius 2 is 2.00 bits per heavy atom. The molecule has 0 aliphatic rings. The average molecular weight is 461 g/mol. The summed E-state index contributed by atoms with van der Waals surface area (Å²) in [5.74, 6) is 0.439. The Bertz CT molecular complexity index is 992. The van der Waals surface area contributed by atoms with Crippen molar-refractivity contribution in [1.29, 1.82) is 0 Å². The average Bonchev–Trinajstić information content (AvgIpc) is 3.01. The van der Waals surface area contributed by atoms with Crippen molar-refractivity contribution in [2.45, 2.75) is 46.0 Å². The summed E-state index contributed by atoms with van der Waals surface area (Å²) in [6, 6.07) is 12.2. The number of benzene rings is 2. The van der Waals surface area contributed by atoms with Gasteiger partial charge in [-0.1, -0.05) is 57.6 Å². The van der Waals surface area contributed by atoms with Gasteiger partial charge in [0.15, 0.2) is 11.7 Å². The molecule has 3 aromatic rings. The van der Waals surface area contributed by atoms with E-state index in [0.29, 0.717) is 10.9 Å². The number of aryl methyl sites for hydroxylation is 1. The molecule has 1 heterocycles. The molecule has 0 saturated carbocycles. The van der Waals surface area contributed by atoms with Gasteiger partial charge in [0.05, 0.1) is 14.7 Å². The monoisotopic (exact) mass is 460 g/mol. The first-order valence-electron chi connectivity index (χ1n) is 9.38. The molecule has 0 unspecified atom stereocenters. The van der Waals surface area contributed by atoms with Crippen molar-refractivity contribution < 1.29 is 9.53 Å². The van der Waals surface area contributed by atoms with Crippen LogP contribution in [0, 0.1) is 0 Å². The van der Waals surface area contributed by atoms with Gasteiger partial charge in [0, 0.05) is 0 Å². The zero-order valence-corrected chi connectivity index (χ0v) is 19.0. The highest BCUT2D eigenvalue weighted by atomic mass is 79.9. The Labute approximate surface area is 178 Å². The molecule has 6 heteroatoms. The molecule has 148 valence electrons. The van der Waals surface area contributed by atoms with Crippen LogP contribution in [-0.4, -0.2) is 17.5 Å². The number of amides is 1. The summed E-state index contributed by atoms with van der Waals surface area (Å²) < 4.78 is 7.59. The van der Waals surface area contributed by atoms with Gasteiger partial charge in [0.25, 0.3) is 5.91 Å². The summed E-state index contributed by atoms with van der Waals surface area (Å²) in [5, 5.41) is 3.43. The smallest absolute Gasteiger partial charge is 0.264 e. The minimum atomic E-state index is -0.223. The van der Waals surface area contributed by atoms with E-state index >= 15 is 0 Å². The number of aromatic nitrogens is 1. The van der Waals surface area contributed by atoms with E-state index in [1.165, 1.54) is 22.5 Å². The molecule has 1 aromatic heterocycles. The summed E-state index contributed by atoms with van der Waals surface area (Å²) in [6.07, 6.45) is 2.11. The third-order valence-electron chi connectivity index (χ3n) is 4.39. The third-order valence-corrected chi connectivity index (χ3v) is 5.95. The van der Waals surface area contributed by atoms with E-state index < -0.39 is 0 Å². The van der Waals surface area contributed by atoms with Gasteiger partial charge in [-0.05, 0) is 63.2 Å². The fourth-order valence-corrected chi connectivity index (χ4v) is 4.31. The van der Waals surface area contributed by atoms with Crippen LogP contribution in [0.25, 0.3) is 10.2 Å². The maximum atomic E-state index is 12.3. The molecule has 0 fully saturated rings. The number of thiazole rings is 1. The number of nitrogens with zero attached hydrogens (tertiary/aromatic N) is 1. The molecule has 1 amide bonds. The highest BCUT2D eigenvalue weighted by Gasteiger charge is 2.16. The highest BCUT2D eigenvalue weighted by Crippen LogP contribution is 2.31. The van der Waals surface area contributed by atoms with Crippen molar-refractivity contribution in [2.24, 2.45) is 0 Å². The molecule has 0 saturated heterocycles. The van der Waals surface area contributed by atoms with Crippen LogP contribution in [0.4, 0.5) is 5.13 Å². The molecule has 1 N–H and O–H groups in total. The number of hydrogen-bond donors (Lipinski definition) is 1. The minimum absolute atomic E-state index is 0.0606. The number of anilines is 1. The van der Waals surface area contributed by atoms with Crippen LogP contribution in [0.3, 0.4) is 0 Å². The molecule has 0 radical (unpaired) electrons. The number of fused-ring (bicyclic) bond motifs is 1. The van der Waals surface area contributed by atoms with Crippen LogP contribution < -0.4 is 10.1 Å². The van der Waals surface area contributed by atoms with Crippen LogP contribution in [0.2, 0.25) is 0 Å². The predicted octanol–water partition coefficient (Wildman–Crippen LogP) is 6.33. The SMILES string of the molecule is CCCc1ccc(OCC(=O)Nc2nc3ccc(C(C)(C)C)cc3s2)c(Br)c1. The molecule has 2 aromatic carbocycles. The lowest BCUT2D eigenvalue weighted by atomic mass is 9.87. The lowest BCUT2D eigenvalue weighted by molar-refractivity contribution is -0.118. The quantitative estimate of drug-likeness (QED) is 0.467. The summed E-state index contributed by atoms with van der Waals surface area (Å²) in [5.41, 5.74) is 3.47. The van der Waals surface area contributed by atoms with Crippen LogP contribution in [0.15, 0.2) is 40.9 Å². The standard InChI is InChI=1S/C22H25BrN2O2S/c1-5-6-14-7-10-18(16(23)11-14)27-13-20(26)25-21-24-17-9-8-15(22(2,3)4)12-19(17)28-21/h7-12H,5-6,13H2,1-4H3,(H,24,25,26). The Morgan fingerprint density at radius 1 is 1.21 bits per heavy atom. The number of carbonyl (C=O) groups excluding carboxylic acids is 1. The van der Waals surface area contributed by atoms with E-state index in [-0.39, 0.29) is 17.9 Å². The second-order valence-electron chi connectivity index (χ2n) is 7.80.